The minimum Gasteiger partial charge on any atom is -0.495 e. The number of nitrogens with zero attached hydrogens (tertiary/aromatic N) is 3. The molecule has 2 heterocycles. The molecule has 0 amide bonds. The lowest BCUT2D eigenvalue weighted by atomic mass is 10.3. The number of methoxy groups -OCH3 is 1. The number of nitrogens with one attached hydrogen (secondary N) is 3. The van der Waals surface area contributed by atoms with E-state index in [2.05, 4.69) is 30.3 Å². The first kappa shape index (κ1) is 20.5. The summed E-state index contributed by atoms with van der Waals surface area (Å²) in [6, 6.07) is 13.7. The molecule has 0 aliphatic heterocycles. The Morgan fingerprint density at radius 2 is 1.72 bits per heavy atom. The van der Waals surface area contributed by atoms with Crippen molar-refractivity contribution >= 4 is 27.5 Å². The molecule has 0 aliphatic rings. The molecule has 3 aromatic rings. The first-order valence-electron chi connectivity index (χ1n) is 8.88. The predicted octanol–water partition coefficient (Wildman–Crippen LogP) is 2.32. The second kappa shape index (κ2) is 9.30. The van der Waals surface area contributed by atoms with Crippen LogP contribution in [0.15, 0.2) is 59.6 Å². The number of sulfonamides is 1. The number of hydrogen-bond acceptors (Lipinski definition) is 8. The Kier molecular flexibility index (Phi) is 6.57. The van der Waals surface area contributed by atoms with Gasteiger partial charge in [0.25, 0.3) is 0 Å². The van der Waals surface area contributed by atoms with E-state index in [0.717, 1.165) is 0 Å². The molecule has 0 saturated carbocycles. The van der Waals surface area contributed by atoms with Crippen molar-refractivity contribution in [1.29, 1.82) is 0 Å². The van der Waals surface area contributed by atoms with E-state index in [1.165, 1.54) is 13.2 Å². The van der Waals surface area contributed by atoms with Gasteiger partial charge in [-0.25, -0.2) is 28.1 Å². The van der Waals surface area contributed by atoms with Gasteiger partial charge in [0.05, 0.1) is 7.11 Å². The molecule has 0 spiro atoms. The monoisotopic (exact) mass is 414 g/mol. The fraction of sp³-hybridized carbons (Fsp3) is 0.211. The summed E-state index contributed by atoms with van der Waals surface area (Å²) < 4.78 is 32.6. The summed E-state index contributed by atoms with van der Waals surface area (Å²) >= 11 is 0. The fourth-order valence-corrected chi connectivity index (χ4v) is 3.78. The maximum absolute atomic E-state index is 12.5. The Hall–Kier alpha value is -3.24. The zero-order valence-electron chi connectivity index (χ0n) is 16.1. The first-order chi connectivity index (χ1) is 14.0. The average molecular weight is 414 g/mol. The zero-order valence-corrected chi connectivity index (χ0v) is 16.9. The van der Waals surface area contributed by atoms with Crippen molar-refractivity contribution in [3.05, 3.63) is 60.6 Å². The minimum atomic E-state index is -3.68. The summed E-state index contributed by atoms with van der Waals surface area (Å²) in [5, 5.41) is 6.20. The van der Waals surface area contributed by atoms with Crippen molar-refractivity contribution in [3.63, 3.8) is 0 Å². The standard InChI is InChI=1S/C19H22N6O3S/c1-14-23-18(13-19(24-14)25-17-9-5-6-10-20-17)21-11-12-22-29(26,27)16-8-4-3-7-15(16)28-2/h3-10,13,22H,11-12H2,1-2H3,(H2,20,21,23,24,25). The smallest absolute Gasteiger partial charge is 0.244 e. The van der Waals surface area contributed by atoms with E-state index in [-0.39, 0.29) is 11.4 Å². The van der Waals surface area contributed by atoms with Gasteiger partial charge < -0.3 is 15.4 Å². The Labute approximate surface area is 169 Å². The second-order valence-corrected chi connectivity index (χ2v) is 7.74. The molecule has 3 N–H and O–H groups in total. The number of pyridine rings is 1. The lowest BCUT2D eigenvalue weighted by molar-refractivity contribution is 0.402. The Morgan fingerprint density at radius 3 is 2.48 bits per heavy atom. The van der Waals surface area contributed by atoms with Gasteiger partial charge in [0.15, 0.2) is 0 Å². The van der Waals surface area contributed by atoms with Gasteiger partial charge in [0.2, 0.25) is 10.0 Å². The van der Waals surface area contributed by atoms with Crippen molar-refractivity contribution in [2.75, 3.05) is 30.8 Å². The van der Waals surface area contributed by atoms with Crippen LogP contribution in [0.5, 0.6) is 5.75 Å². The molecule has 0 fully saturated rings. The van der Waals surface area contributed by atoms with Gasteiger partial charge in [0.1, 0.15) is 33.9 Å². The van der Waals surface area contributed by atoms with Crippen molar-refractivity contribution in [1.82, 2.24) is 19.7 Å². The van der Waals surface area contributed by atoms with Gasteiger partial charge in [-0.05, 0) is 31.2 Å². The molecule has 0 atom stereocenters. The highest BCUT2D eigenvalue weighted by molar-refractivity contribution is 7.89. The average Bonchev–Trinajstić information content (AvgIpc) is 2.71. The van der Waals surface area contributed by atoms with Crippen LogP contribution in [-0.2, 0) is 10.0 Å². The third-order valence-electron chi connectivity index (χ3n) is 3.84. The molecular weight excluding hydrogens is 392 g/mol. The van der Waals surface area contributed by atoms with Gasteiger partial charge in [-0.2, -0.15) is 0 Å². The van der Waals surface area contributed by atoms with Crippen molar-refractivity contribution < 1.29 is 13.2 Å². The van der Waals surface area contributed by atoms with E-state index < -0.39 is 10.0 Å². The topological polar surface area (TPSA) is 118 Å². The van der Waals surface area contributed by atoms with Crippen molar-refractivity contribution in [2.45, 2.75) is 11.8 Å². The molecule has 29 heavy (non-hydrogen) atoms. The van der Waals surface area contributed by atoms with Gasteiger partial charge in [-0.3, -0.25) is 0 Å². The number of rotatable bonds is 9. The summed E-state index contributed by atoms with van der Waals surface area (Å²) in [5.41, 5.74) is 0. The van der Waals surface area contributed by atoms with E-state index in [0.29, 0.717) is 35.6 Å². The quantitative estimate of drug-likeness (QED) is 0.457. The largest absolute Gasteiger partial charge is 0.495 e. The molecule has 1 aromatic carbocycles. The van der Waals surface area contributed by atoms with Gasteiger partial charge >= 0.3 is 0 Å². The van der Waals surface area contributed by atoms with Gasteiger partial charge in [0, 0.05) is 25.4 Å². The van der Waals surface area contributed by atoms with Crippen LogP contribution in [-0.4, -0.2) is 43.6 Å². The molecule has 10 heteroatoms. The van der Waals surface area contributed by atoms with Crippen LogP contribution >= 0.6 is 0 Å². The number of para-hydroxylation sites is 1. The molecular formula is C19H22N6O3S. The lowest BCUT2D eigenvalue weighted by Gasteiger charge is -2.12. The summed E-state index contributed by atoms with van der Waals surface area (Å²) in [6.45, 7) is 2.29. The zero-order chi connectivity index (χ0) is 20.7. The van der Waals surface area contributed by atoms with Crippen LogP contribution in [0.4, 0.5) is 17.5 Å². The van der Waals surface area contributed by atoms with E-state index in [1.54, 1.807) is 37.4 Å². The molecule has 152 valence electrons. The van der Waals surface area contributed by atoms with Gasteiger partial charge in [-0.1, -0.05) is 18.2 Å². The third-order valence-corrected chi connectivity index (χ3v) is 5.34. The lowest BCUT2D eigenvalue weighted by Crippen LogP contribution is -2.29. The summed E-state index contributed by atoms with van der Waals surface area (Å²) in [6.07, 6.45) is 1.68. The highest BCUT2D eigenvalue weighted by Gasteiger charge is 2.18. The molecule has 0 bridgehead atoms. The number of aryl methyl sites for hydroxylation is 1. The van der Waals surface area contributed by atoms with E-state index in [9.17, 15) is 8.42 Å². The number of aromatic nitrogens is 3. The fourth-order valence-electron chi connectivity index (χ4n) is 2.58. The maximum Gasteiger partial charge on any atom is 0.244 e. The summed E-state index contributed by atoms with van der Waals surface area (Å²) in [5.74, 6) is 2.70. The predicted molar refractivity (Wildman–Crippen MR) is 111 cm³/mol. The Balaban J connectivity index is 1.59. The second-order valence-electron chi connectivity index (χ2n) is 6.00. The summed E-state index contributed by atoms with van der Waals surface area (Å²) in [4.78, 5) is 12.9. The number of hydrogen-bond donors (Lipinski definition) is 3. The number of benzene rings is 1. The molecule has 0 saturated heterocycles. The van der Waals surface area contributed by atoms with Crippen LogP contribution in [0.25, 0.3) is 0 Å². The SMILES string of the molecule is COc1ccccc1S(=O)(=O)NCCNc1cc(Nc2ccccn2)nc(C)n1. The molecule has 3 rings (SSSR count). The molecule has 0 radical (unpaired) electrons. The molecule has 0 unspecified atom stereocenters. The summed E-state index contributed by atoms with van der Waals surface area (Å²) in [7, 11) is -2.25. The van der Waals surface area contributed by atoms with Gasteiger partial charge in [-0.15, -0.1) is 0 Å². The van der Waals surface area contributed by atoms with Crippen molar-refractivity contribution in [3.8, 4) is 5.75 Å². The minimum absolute atomic E-state index is 0.0993. The van der Waals surface area contributed by atoms with E-state index in [4.69, 9.17) is 4.74 Å². The van der Waals surface area contributed by atoms with E-state index >= 15 is 0 Å². The van der Waals surface area contributed by atoms with Crippen LogP contribution in [0.1, 0.15) is 5.82 Å². The molecule has 2 aromatic heterocycles. The number of ether oxygens (including phenoxy) is 1. The number of anilines is 3. The van der Waals surface area contributed by atoms with E-state index in [1.807, 2.05) is 18.2 Å². The Morgan fingerprint density at radius 1 is 0.966 bits per heavy atom. The first-order valence-corrected chi connectivity index (χ1v) is 10.4. The highest BCUT2D eigenvalue weighted by Crippen LogP contribution is 2.22. The molecule has 0 aliphatic carbocycles. The van der Waals surface area contributed by atoms with Crippen molar-refractivity contribution in [2.24, 2.45) is 0 Å². The highest BCUT2D eigenvalue weighted by atomic mass is 32.2. The third kappa shape index (κ3) is 5.62. The van der Waals surface area contributed by atoms with Crippen LogP contribution < -0.4 is 20.1 Å². The molecule has 9 nitrogen and oxygen atoms in total. The van der Waals surface area contributed by atoms with Crippen LogP contribution in [0.2, 0.25) is 0 Å². The van der Waals surface area contributed by atoms with Crippen LogP contribution in [0.3, 0.4) is 0 Å². The normalized spacial score (nSPS) is 11.1. The van der Waals surface area contributed by atoms with Crippen LogP contribution in [0, 0.1) is 6.92 Å². The Bertz CT molecular complexity index is 1060. The maximum atomic E-state index is 12.5.